The van der Waals surface area contributed by atoms with Gasteiger partial charge >= 0.3 is 0 Å². The largest absolute Gasteiger partial charge is 0.334 e. The summed E-state index contributed by atoms with van der Waals surface area (Å²) in [7, 11) is 0. The minimum Gasteiger partial charge on any atom is -0.334 e. The molecule has 0 radical (unpaired) electrons. The Bertz CT molecular complexity index is 1030. The van der Waals surface area contributed by atoms with Gasteiger partial charge in [0.15, 0.2) is 0 Å². The van der Waals surface area contributed by atoms with Crippen molar-refractivity contribution in [3.8, 4) is 34.1 Å². The Hall–Kier alpha value is -2.38. The fourth-order valence-electron chi connectivity index (χ4n) is 2.41. The third-order valence-electron chi connectivity index (χ3n) is 3.65. The van der Waals surface area contributed by atoms with Crippen LogP contribution in [0, 0.1) is 0 Å². The summed E-state index contributed by atoms with van der Waals surface area (Å²) in [6.07, 6.45) is 4.35. The monoisotopic (exact) mass is 412 g/mol. The summed E-state index contributed by atoms with van der Waals surface area (Å²) < 4.78 is 6.25. The van der Waals surface area contributed by atoms with Crippen LogP contribution in [0.4, 0.5) is 0 Å². The zero-order valence-electron chi connectivity index (χ0n) is 13.3. The van der Waals surface area contributed by atoms with Crippen LogP contribution in [-0.4, -0.2) is 20.1 Å². The molecule has 5 nitrogen and oxygen atoms in total. The lowest BCUT2D eigenvalue weighted by molar-refractivity contribution is 0.432. The summed E-state index contributed by atoms with van der Waals surface area (Å²) in [5.41, 5.74) is 3.69. The van der Waals surface area contributed by atoms with Gasteiger partial charge in [-0.15, -0.1) is 11.3 Å². The highest BCUT2D eigenvalue weighted by atomic mass is 79.9. The lowest BCUT2D eigenvalue weighted by Crippen LogP contribution is -1.85. The highest BCUT2D eigenvalue weighted by molar-refractivity contribution is 9.10. The van der Waals surface area contributed by atoms with Crippen LogP contribution < -0.4 is 0 Å². The normalized spacial score (nSPS) is 11.0. The molecule has 0 amide bonds. The van der Waals surface area contributed by atoms with Crippen LogP contribution >= 0.6 is 27.3 Å². The molecule has 1 aromatic carbocycles. The van der Waals surface area contributed by atoms with Crippen LogP contribution in [0.3, 0.4) is 0 Å². The molecule has 0 unspecified atom stereocenters. The van der Waals surface area contributed by atoms with Crippen molar-refractivity contribution < 1.29 is 4.52 Å². The second kappa shape index (κ2) is 6.85. The van der Waals surface area contributed by atoms with E-state index in [1.165, 1.54) is 0 Å². The standard InChI is InChI=1S/C18H13BrN4OS/c1-2-16-21-15(10-25-16)11-4-3-5-12(6-11)17-22-18(24-23-17)13-7-14(19)9-20-8-13/h3-10H,2H2,1H3. The fraction of sp³-hybridized carbons (Fsp3) is 0.111. The lowest BCUT2D eigenvalue weighted by atomic mass is 10.1. The summed E-state index contributed by atoms with van der Waals surface area (Å²) in [4.78, 5) is 13.3. The van der Waals surface area contributed by atoms with Crippen LogP contribution in [-0.2, 0) is 6.42 Å². The van der Waals surface area contributed by atoms with Gasteiger partial charge < -0.3 is 4.52 Å². The summed E-state index contributed by atoms with van der Waals surface area (Å²) >= 11 is 5.07. The number of rotatable bonds is 4. The number of thiazole rings is 1. The van der Waals surface area contributed by atoms with Crippen LogP contribution in [0.15, 0.2) is 57.1 Å². The first-order valence-electron chi connectivity index (χ1n) is 7.73. The Labute approximate surface area is 156 Å². The Kier molecular flexibility index (Phi) is 4.42. The van der Waals surface area contributed by atoms with Crippen molar-refractivity contribution in [3.05, 3.63) is 57.6 Å². The van der Waals surface area contributed by atoms with Gasteiger partial charge in [0.2, 0.25) is 5.82 Å². The molecule has 0 aliphatic carbocycles. The maximum absolute atomic E-state index is 5.39. The second-order valence-corrected chi connectivity index (χ2v) is 7.23. The van der Waals surface area contributed by atoms with Crippen LogP contribution in [0.25, 0.3) is 34.1 Å². The third-order valence-corrected chi connectivity index (χ3v) is 5.08. The van der Waals surface area contributed by atoms with Gasteiger partial charge in [-0.2, -0.15) is 4.98 Å². The van der Waals surface area contributed by atoms with Crippen LogP contribution in [0.1, 0.15) is 11.9 Å². The molecule has 7 heteroatoms. The Morgan fingerprint density at radius 1 is 1.08 bits per heavy atom. The maximum atomic E-state index is 5.39. The number of pyridine rings is 1. The number of aromatic nitrogens is 4. The number of nitrogens with zero attached hydrogens (tertiary/aromatic N) is 4. The van der Waals surface area contributed by atoms with Gasteiger partial charge in [-0.3, -0.25) is 4.98 Å². The summed E-state index contributed by atoms with van der Waals surface area (Å²) in [5, 5.41) is 7.31. The molecule has 3 aromatic heterocycles. The molecule has 4 aromatic rings. The first kappa shape index (κ1) is 16.1. The lowest BCUT2D eigenvalue weighted by Gasteiger charge is -1.99. The molecule has 25 heavy (non-hydrogen) atoms. The van der Waals surface area contributed by atoms with Crippen molar-refractivity contribution >= 4 is 27.3 Å². The van der Waals surface area contributed by atoms with E-state index in [1.807, 2.05) is 30.3 Å². The molecule has 3 heterocycles. The van der Waals surface area contributed by atoms with Gasteiger partial charge in [-0.1, -0.05) is 30.3 Å². The average molecular weight is 413 g/mol. The molecule has 0 fully saturated rings. The van der Waals surface area contributed by atoms with E-state index in [0.717, 1.165) is 38.3 Å². The minimum absolute atomic E-state index is 0.441. The molecule has 0 N–H and O–H groups in total. The number of benzene rings is 1. The highest BCUT2D eigenvalue weighted by Gasteiger charge is 2.12. The summed E-state index contributed by atoms with van der Waals surface area (Å²) in [6, 6.07) is 9.90. The van der Waals surface area contributed by atoms with E-state index in [1.54, 1.807) is 23.7 Å². The van der Waals surface area contributed by atoms with E-state index in [4.69, 9.17) is 4.52 Å². The summed E-state index contributed by atoms with van der Waals surface area (Å²) in [5.74, 6) is 0.985. The molecular formula is C18H13BrN4OS. The highest BCUT2D eigenvalue weighted by Crippen LogP contribution is 2.28. The van der Waals surface area contributed by atoms with E-state index in [0.29, 0.717) is 11.7 Å². The molecule has 0 aliphatic rings. The van der Waals surface area contributed by atoms with Gasteiger partial charge in [-0.25, -0.2) is 4.98 Å². The van der Waals surface area contributed by atoms with Gasteiger partial charge in [0, 0.05) is 33.4 Å². The van der Waals surface area contributed by atoms with Gasteiger partial charge in [0.25, 0.3) is 5.89 Å². The van der Waals surface area contributed by atoms with Crippen molar-refractivity contribution in [3.63, 3.8) is 0 Å². The Balaban J connectivity index is 1.68. The Morgan fingerprint density at radius 3 is 2.76 bits per heavy atom. The van der Waals surface area contributed by atoms with Crippen LogP contribution in [0.2, 0.25) is 0 Å². The van der Waals surface area contributed by atoms with Crippen LogP contribution in [0.5, 0.6) is 0 Å². The van der Waals surface area contributed by atoms with Crippen molar-refractivity contribution in [1.29, 1.82) is 0 Å². The molecule has 0 bridgehead atoms. The predicted octanol–water partition coefficient (Wildman–Crippen LogP) is 5.25. The van der Waals surface area contributed by atoms with Crippen molar-refractivity contribution in [2.45, 2.75) is 13.3 Å². The Morgan fingerprint density at radius 2 is 1.96 bits per heavy atom. The number of hydrogen-bond donors (Lipinski definition) is 0. The van der Waals surface area contributed by atoms with Crippen molar-refractivity contribution in [1.82, 2.24) is 20.1 Å². The SMILES string of the molecule is CCc1nc(-c2cccc(-c3noc(-c4cncc(Br)c4)n3)c2)cs1. The molecule has 0 atom stereocenters. The molecule has 0 spiro atoms. The van der Waals surface area contributed by atoms with Gasteiger partial charge in [-0.05, 0) is 34.5 Å². The fourth-order valence-corrected chi connectivity index (χ4v) is 3.53. The zero-order chi connectivity index (χ0) is 17.2. The van der Waals surface area contributed by atoms with E-state index >= 15 is 0 Å². The van der Waals surface area contributed by atoms with Gasteiger partial charge in [0.1, 0.15) is 0 Å². The molecule has 0 saturated heterocycles. The third kappa shape index (κ3) is 3.38. The van der Waals surface area contributed by atoms with Crippen molar-refractivity contribution in [2.75, 3.05) is 0 Å². The summed E-state index contributed by atoms with van der Waals surface area (Å²) in [6.45, 7) is 2.11. The van der Waals surface area contributed by atoms with E-state index in [2.05, 4.69) is 48.3 Å². The smallest absolute Gasteiger partial charge is 0.259 e. The first-order chi connectivity index (χ1) is 12.2. The molecule has 4 rings (SSSR count). The molecule has 0 aliphatic heterocycles. The molecule has 124 valence electrons. The quantitative estimate of drug-likeness (QED) is 0.457. The van der Waals surface area contributed by atoms with E-state index in [-0.39, 0.29) is 0 Å². The van der Waals surface area contributed by atoms with E-state index in [9.17, 15) is 0 Å². The second-order valence-electron chi connectivity index (χ2n) is 5.38. The zero-order valence-corrected chi connectivity index (χ0v) is 15.7. The molecule has 0 saturated carbocycles. The van der Waals surface area contributed by atoms with Crippen molar-refractivity contribution in [2.24, 2.45) is 0 Å². The topological polar surface area (TPSA) is 64.7 Å². The number of halogens is 1. The predicted molar refractivity (Wildman–Crippen MR) is 101 cm³/mol. The average Bonchev–Trinajstić information content (AvgIpc) is 3.31. The van der Waals surface area contributed by atoms with E-state index < -0.39 is 0 Å². The maximum Gasteiger partial charge on any atom is 0.259 e. The first-order valence-corrected chi connectivity index (χ1v) is 9.40. The number of aryl methyl sites for hydroxylation is 1. The molecular weight excluding hydrogens is 400 g/mol. The van der Waals surface area contributed by atoms with Gasteiger partial charge in [0.05, 0.1) is 16.3 Å². The minimum atomic E-state index is 0.441. The number of hydrogen-bond acceptors (Lipinski definition) is 6.